The Morgan fingerprint density at radius 2 is 2.11 bits per heavy atom. The molecule has 0 spiro atoms. The molecular formula is C14H15F2NO. The molecule has 0 unspecified atom stereocenters. The summed E-state index contributed by atoms with van der Waals surface area (Å²) in [5, 5.41) is 2.84. The van der Waals surface area contributed by atoms with Gasteiger partial charge in [0.2, 0.25) is 0 Å². The van der Waals surface area contributed by atoms with Crippen LogP contribution in [0.3, 0.4) is 0 Å². The fourth-order valence-corrected chi connectivity index (χ4v) is 2.07. The van der Waals surface area contributed by atoms with Gasteiger partial charge in [0.15, 0.2) is 17.4 Å². The van der Waals surface area contributed by atoms with Crippen molar-refractivity contribution >= 4 is 11.5 Å². The van der Waals surface area contributed by atoms with Gasteiger partial charge in [0.25, 0.3) is 0 Å². The Bertz CT molecular complexity index is 497. The highest BCUT2D eigenvalue weighted by atomic mass is 19.2. The topological polar surface area (TPSA) is 29.1 Å². The lowest BCUT2D eigenvalue weighted by molar-refractivity contribution is -0.119. The van der Waals surface area contributed by atoms with Gasteiger partial charge < -0.3 is 5.32 Å². The number of carbonyl (C=O) groups excluding carboxylic acids is 1. The second-order valence-electron chi connectivity index (χ2n) is 4.60. The molecule has 1 N–H and O–H groups in total. The molecule has 1 aromatic carbocycles. The number of benzene rings is 1. The normalized spacial score (nSPS) is 22.3. The van der Waals surface area contributed by atoms with Crippen LogP contribution in [0.2, 0.25) is 0 Å². The third-order valence-corrected chi connectivity index (χ3v) is 3.18. The summed E-state index contributed by atoms with van der Waals surface area (Å²) >= 11 is 0. The van der Waals surface area contributed by atoms with Crippen molar-refractivity contribution in [3.63, 3.8) is 0 Å². The van der Waals surface area contributed by atoms with Crippen LogP contribution in [0.1, 0.15) is 26.2 Å². The van der Waals surface area contributed by atoms with Gasteiger partial charge in [-0.25, -0.2) is 8.78 Å². The predicted octanol–water partition coefficient (Wildman–Crippen LogP) is 3.65. The lowest BCUT2D eigenvalue weighted by Crippen LogP contribution is -2.19. The number of rotatable bonds is 2. The van der Waals surface area contributed by atoms with Crippen LogP contribution in [-0.4, -0.2) is 5.78 Å². The highest BCUT2D eigenvalue weighted by molar-refractivity contribution is 5.97. The largest absolute Gasteiger partial charge is 0.361 e. The van der Waals surface area contributed by atoms with Crippen LogP contribution in [-0.2, 0) is 4.79 Å². The van der Waals surface area contributed by atoms with Gasteiger partial charge in [-0.2, -0.15) is 0 Å². The van der Waals surface area contributed by atoms with Crippen LogP contribution >= 0.6 is 0 Å². The van der Waals surface area contributed by atoms with E-state index in [1.54, 1.807) is 6.20 Å². The van der Waals surface area contributed by atoms with Crippen molar-refractivity contribution in [3.05, 3.63) is 41.6 Å². The third kappa shape index (κ3) is 2.75. The summed E-state index contributed by atoms with van der Waals surface area (Å²) in [5.74, 6) is -1.59. The van der Waals surface area contributed by atoms with Crippen molar-refractivity contribution in [2.75, 3.05) is 5.32 Å². The zero-order valence-corrected chi connectivity index (χ0v) is 10.2. The lowest BCUT2D eigenvalue weighted by atomic mass is 9.86. The van der Waals surface area contributed by atoms with E-state index in [2.05, 4.69) is 5.32 Å². The lowest BCUT2D eigenvalue weighted by Gasteiger charge is -2.19. The summed E-state index contributed by atoms with van der Waals surface area (Å²) in [4.78, 5) is 11.8. The number of hydrogen-bond acceptors (Lipinski definition) is 2. The SMILES string of the molecule is C[C@H]1CCC/C(=C/Nc2ccc(F)c(F)c2)C1=O. The van der Waals surface area contributed by atoms with E-state index >= 15 is 0 Å². The first-order valence-electron chi connectivity index (χ1n) is 6.03. The van der Waals surface area contributed by atoms with Crippen LogP contribution < -0.4 is 5.32 Å². The molecule has 0 saturated heterocycles. The molecule has 0 bridgehead atoms. The van der Waals surface area contributed by atoms with E-state index in [0.717, 1.165) is 37.0 Å². The number of halogens is 2. The second kappa shape index (κ2) is 5.29. The summed E-state index contributed by atoms with van der Waals surface area (Å²) in [6.45, 7) is 1.91. The first-order valence-corrected chi connectivity index (χ1v) is 6.03. The fourth-order valence-electron chi connectivity index (χ4n) is 2.07. The van der Waals surface area contributed by atoms with Crippen molar-refractivity contribution in [1.29, 1.82) is 0 Å². The number of anilines is 1. The Kier molecular flexibility index (Phi) is 3.75. The van der Waals surface area contributed by atoms with E-state index in [0.29, 0.717) is 5.69 Å². The second-order valence-corrected chi connectivity index (χ2v) is 4.60. The molecule has 0 heterocycles. The average Bonchev–Trinajstić information content (AvgIpc) is 2.35. The first-order chi connectivity index (χ1) is 8.58. The van der Waals surface area contributed by atoms with Crippen molar-refractivity contribution in [2.45, 2.75) is 26.2 Å². The van der Waals surface area contributed by atoms with Gasteiger partial charge in [0.1, 0.15) is 0 Å². The molecule has 0 aromatic heterocycles. The zero-order valence-electron chi connectivity index (χ0n) is 10.2. The minimum Gasteiger partial charge on any atom is -0.361 e. The summed E-state index contributed by atoms with van der Waals surface area (Å²) in [5.41, 5.74) is 1.16. The molecule has 4 heteroatoms. The Morgan fingerprint density at radius 3 is 2.83 bits per heavy atom. The Balaban J connectivity index is 2.09. The maximum Gasteiger partial charge on any atom is 0.163 e. The van der Waals surface area contributed by atoms with Gasteiger partial charge in [-0.3, -0.25) is 4.79 Å². The van der Waals surface area contributed by atoms with E-state index in [9.17, 15) is 13.6 Å². The van der Waals surface area contributed by atoms with Gasteiger partial charge >= 0.3 is 0 Å². The number of carbonyl (C=O) groups is 1. The fraction of sp³-hybridized carbons (Fsp3) is 0.357. The van der Waals surface area contributed by atoms with Gasteiger partial charge in [0, 0.05) is 29.4 Å². The van der Waals surface area contributed by atoms with Crippen molar-refractivity contribution in [2.24, 2.45) is 5.92 Å². The first kappa shape index (κ1) is 12.7. The maximum atomic E-state index is 13.0. The van der Waals surface area contributed by atoms with E-state index in [4.69, 9.17) is 0 Å². The van der Waals surface area contributed by atoms with Crippen LogP contribution in [0, 0.1) is 17.6 Å². The van der Waals surface area contributed by atoms with Crippen LogP contribution in [0.5, 0.6) is 0 Å². The molecule has 1 aliphatic rings. The Labute approximate surface area is 105 Å². The minimum atomic E-state index is -0.901. The monoisotopic (exact) mass is 251 g/mol. The molecular weight excluding hydrogens is 236 g/mol. The van der Waals surface area contributed by atoms with E-state index in [1.807, 2.05) is 6.92 Å². The van der Waals surface area contributed by atoms with Crippen LogP contribution in [0.15, 0.2) is 30.0 Å². The standard InChI is InChI=1S/C14H15F2NO/c1-9-3-2-4-10(14(9)18)8-17-11-5-6-12(15)13(16)7-11/h5-9,17H,2-4H2,1H3/b10-8-/t9-/m0/s1. The summed E-state index contributed by atoms with van der Waals surface area (Å²) in [6.07, 6.45) is 4.24. The third-order valence-electron chi connectivity index (χ3n) is 3.18. The molecule has 2 rings (SSSR count). The van der Waals surface area contributed by atoms with Gasteiger partial charge in [-0.05, 0) is 31.4 Å². The molecule has 1 saturated carbocycles. The van der Waals surface area contributed by atoms with Crippen LogP contribution in [0.25, 0.3) is 0 Å². The van der Waals surface area contributed by atoms with Gasteiger partial charge in [-0.15, -0.1) is 0 Å². The van der Waals surface area contributed by atoms with Crippen molar-refractivity contribution in [1.82, 2.24) is 0 Å². The summed E-state index contributed by atoms with van der Waals surface area (Å²) in [7, 11) is 0. The number of allylic oxidation sites excluding steroid dienone is 1. The smallest absolute Gasteiger partial charge is 0.163 e. The Morgan fingerprint density at radius 1 is 1.33 bits per heavy atom. The highest BCUT2D eigenvalue weighted by Crippen LogP contribution is 2.25. The summed E-state index contributed by atoms with van der Waals surface area (Å²) < 4.78 is 25.7. The van der Waals surface area contributed by atoms with Crippen molar-refractivity contribution in [3.8, 4) is 0 Å². The molecule has 1 aromatic rings. The van der Waals surface area contributed by atoms with E-state index in [-0.39, 0.29) is 11.7 Å². The number of Topliss-reactive ketones (excluding diaryl/α,β-unsaturated/α-hetero) is 1. The van der Waals surface area contributed by atoms with Gasteiger partial charge in [-0.1, -0.05) is 6.92 Å². The number of nitrogens with one attached hydrogen (secondary N) is 1. The molecule has 1 aliphatic carbocycles. The maximum absolute atomic E-state index is 13.0. The number of hydrogen-bond donors (Lipinski definition) is 1. The Hall–Kier alpha value is -1.71. The highest BCUT2D eigenvalue weighted by Gasteiger charge is 2.22. The van der Waals surface area contributed by atoms with E-state index in [1.165, 1.54) is 6.07 Å². The van der Waals surface area contributed by atoms with Crippen LogP contribution in [0.4, 0.5) is 14.5 Å². The quantitative estimate of drug-likeness (QED) is 0.813. The molecule has 2 nitrogen and oxygen atoms in total. The molecule has 0 aliphatic heterocycles. The minimum absolute atomic E-state index is 0.0525. The zero-order chi connectivity index (χ0) is 13.1. The average molecular weight is 251 g/mol. The predicted molar refractivity (Wildman–Crippen MR) is 66.1 cm³/mol. The molecule has 18 heavy (non-hydrogen) atoms. The molecule has 96 valence electrons. The molecule has 0 amide bonds. The summed E-state index contributed by atoms with van der Waals surface area (Å²) in [6, 6.07) is 3.57. The van der Waals surface area contributed by atoms with E-state index < -0.39 is 11.6 Å². The molecule has 0 radical (unpaired) electrons. The van der Waals surface area contributed by atoms with Crippen molar-refractivity contribution < 1.29 is 13.6 Å². The number of ketones is 1. The van der Waals surface area contributed by atoms with Gasteiger partial charge in [0.05, 0.1) is 0 Å². The molecule has 1 fully saturated rings. The molecule has 1 atom stereocenters.